The number of carbonyl (C=O) groups is 1. The predicted octanol–water partition coefficient (Wildman–Crippen LogP) is 4.10. The van der Waals surface area contributed by atoms with Crippen molar-refractivity contribution in [3.63, 3.8) is 0 Å². The van der Waals surface area contributed by atoms with Gasteiger partial charge in [0.15, 0.2) is 5.11 Å². The van der Waals surface area contributed by atoms with Crippen LogP contribution in [0, 0.1) is 5.82 Å². The highest BCUT2D eigenvalue weighted by molar-refractivity contribution is 7.80. The van der Waals surface area contributed by atoms with Crippen molar-refractivity contribution in [3.8, 4) is 0 Å². The Bertz CT molecular complexity index is 876. The van der Waals surface area contributed by atoms with Gasteiger partial charge in [-0.2, -0.15) is 0 Å². The summed E-state index contributed by atoms with van der Waals surface area (Å²) in [6.45, 7) is 2.88. The summed E-state index contributed by atoms with van der Waals surface area (Å²) in [5.41, 5.74) is 1.67. The Hall–Kier alpha value is -1.93. The maximum atomic E-state index is 13.1. The highest BCUT2D eigenvalue weighted by Gasteiger charge is 2.16. The van der Waals surface area contributed by atoms with Crippen molar-refractivity contribution in [3.05, 3.63) is 57.8 Å². The van der Waals surface area contributed by atoms with Crippen molar-refractivity contribution >= 4 is 57.8 Å². The molecule has 0 aromatic heterocycles. The van der Waals surface area contributed by atoms with Crippen molar-refractivity contribution in [2.24, 2.45) is 0 Å². The fourth-order valence-corrected chi connectivity index (χ4v) is 3.42. The number of halogens is 3. The number of nitrogens with zero attached hydrogens (tertiary/aromatic N) is 1. The van der Waals surface area contributed by atoms with Gasteiger partial charge in [-0.05, 0) is 48.6 Å². The largest absolute Gasteiger partial charge is 0.378 e. The zero-order valence-corrected chi connectivity index (χ0v) is 16.4. The number of carbonyl (C=O) groups excluding carboxylic acids is 1. The van der Waals surface area contributed by atoms with Gasteiger partial charge in [-0.15, -0.1) is 0 Å². The van der Waals surface area contributed by atoms with Gasteiger partial charge in [-0.3, -0.25) is 10.1 Å². The lowest BCUT2D eigenvalue weighted by molar-refractivity contribution is 0.0978. The molecule has 27 heavy (non-hydrogen) atoms. The van der Waals surface area contributed by atoms with E-state index in [1.54, 1.807) is 6.07 Å². The Kier molecular flexibility index (Phi) is 6.49. The summed E-state index contributed by atoms with van der Waals surface area (Å²) in [5.74, 6) is -1.05. The first kappa shape index (κ1) is 19.8. The first-order chi connectivity index (χ1) is 12.9. The number of hydrogen-bond donors (Lipinski definition) is 2. The normalized spacial score (nSPS) is 14.0. The average Bonchev–Trinajstić information content (AvgIpc) is 2.62. The zero-order valence-electron chi connectivity index (χ0n) is 14.1. The maximum Gasteiger partial charge on any atom is 0.258 e. The molecule has 3 rings (SSSR count). The third kappa shape index (κ3) is 5.07. The van der Waals surface area contributed by atoms with Crippen LogP contribution in [-0.2, 0) is 4.74 Å². The molecule has 1 amide bonds. The molecule has 142 valence electrons. The Morgan fingerprint density at radius 3 is 2.52 bits per heavy atom. The minimum Gasteiger partial charge on any atom is -0.378 e. The third-order valence-corrected chi connectivity index (χ3v) is 4.78. The third-order valence-electron chi connectivity index (χ3n) is 3.96. The monoisotopic (exact) mass is 427 g/mol. The SMILES string of the molecule is O=C(NC(=S)Nc1ccc(N2CCOCC2)c(Cl)c1)c1ccc(F)cc1Cl. The summed E-state index contributed by atoms with van der Waals surface area (Å²) in [4.78, 5) is 14.4. The fraction of sp³-hybridized carbons (Fsp3) is 0.222. The van der Waals surface area contributed by atoms with E-state index in [1.807, 2.05) is 12.1 Å². The topological polar surface area (TPSA) is 53.6 Å². The quantitative estimate of drug-likeness (QED) is 0.722. The molecule has 0 unspecified atom stereocenters. The van der Waals surface area contributed by atoms with E-state index in [4.69, 9.17) is 40.2 Å². The number of anilines is 2. The molecule has 2 N–H and O–H groups in total. The zero-order chi connectivity index (χ0) is 19.4. The number of amides is 1. The summed E-state index contributed by atoms with van der Waals surface area (Å²) in [7, 11) is 0. The van der Waals surface area contributed by atoms with Crippen LogP contribution < -0.4 is 15.5 Å². The number of rotatable bonds is 3. The number of hydrogen-bond acceptors (Lipinski definition) is 4. The molecule has 0 saturated carbocycles. The van der Waals surface area contributed by atoms with Crippen LogP contribution in [0.1, 0.15) is 10.4 Å². The van der Waals surface area contributed by atoms with Crippen molar-refractivity contribution in [1.82, 2.24) is 5.32 Å². The number of nitrogens with one attached hydrogen (secondary N) is 2. The van der Waals surface area contributed by atoms with Crippen molar-refractivity contribution in [2.45, 2.75) is 0 Å². The summed E-state index contributed by atoms with van der Waals surface area (Å²) < 4.78 is 18.4. The van der Waals surface area contributed by atoms with Gasteiger partial charge >= 0.3 is 0 Å². The van der Waals surface area contributed by atoms with E-state index < -0.39 is 11.7 Å². The van der Waals surface area contributed by atoms with E-state index in [2.05, 4.69) is 15.5 Å². The maximum absolute atomic E-state index is 13.1. The van der Waals surface area contributed by atoms with E-state index in [1.165, 1.54) is 6.07 Å². The smallest absolute Gasteiger partial charge is 0.258 e. The van der Waals surface area contributed by atoms with Crippen LogP contribution in [0.3, 0.4) is 0 Å². The van der Waals surface area contributed by atoms with E-state index >= 15 is 0 Å². The van der Waals surface area contributed by atoms with E-state index in [9.17, 15) is 9.18 Å². The molecule has 0 aliphatic carbocycles. The fourth-order valence-electron chi connectivity index (χ4n) is 2.65. The van der Waals surface area contributed by atoms with Gasteiger partial charge in [-0.1, -0.05) is 23.2 Å². The van der Waals surface area contributed by atoms with E-state index in [-0.39, 0.29) is 15.7 Å². The molecule has 0 spiro atoms. The summed E-state index contributed by atoms with van der Waals surface area (Å²) in [5, 5.41) is 6.06. The molecule has 0 radical (unpaired) electrons. The van der Waals surface area contributed by atoms with Gasteiger partial charge in [0.1, 0.15) is 5.82 Å². The Balaban J connectivity index is 1.63. The number of benzene rings is 2. The molecule has 1 saturated heterocycles. The van der Waals surface area contributed by atoms with E-state index in [0.717, 1.165) is 30.9 Å². The Morgan fingerprint density at radius 1 is 1.11 bits per heavy atom. The van der Waals surface area contributed by atoms with Crippen molar-refractivity contribution in [1.29, 1.82) is 0 Å². The van der Waals surface area contributed by atoms with Crippen molar-refractivity contribution < 1.29 is 13.9 Å². The molecule has 5 nitrogen and oxygen atoms in total. The van der Waals surface area contributed by atoms with Crippen LogP contribution >= 0.6 is 35.4 Å². The van der Waals surface area contributed by atoms with Gasteiger partial charge in [0, 0.05) is 18.8 Å². The Labute approximate surface area is 171 Å². The van der Waals surface area contributed by atoms with Gasteiger partial charge in [-0.25, -0.2) is 4.39 Å². The standard InChI is InChI=1S/C18H16Cl2FN3O2S/c19-14-9-11(21)1-3-13(14)17(25)23-18(27)22-12-2-4-16(15(20)10-12)24-5-7-26-8-6-24/h1-4,9-10H,5-8H2,(H2,22,23,25,27). The molecule has 1 fully saturated rings. The van der Waals surface area contributed by atoms with Crippen LogP contribution in [0.4, 0.5) is 15.8 Å². The van der Waals surface area contributed by atoms with Crippen LogP contribution in [-0.4, -0.2) is 37.3 Å². The van der Waals surface area contributed by atoms with Crippen LogP contribution in [0.5, 0.6) is 0 Å². The molecule has 0 bridgehead atoms. The summed E-state index contributed by atoms with van der Waals surface area (Å²) in [6.07, 6.45) is 0. The minimum atomic E-state index is -0.534. The minimum absolute atomic E-state index is 0.00760. The van der Waals surface area contributed by atoms with Gasteiger partial charge in [0.05, 0.1) is 34.5 Å². The highest BCUT2D eigenvalue weighted by atomic mass is 35.5. The molecule has 1 aliphatic rings. The lowest BCUT2D eigenvalue weighted by Crippen LogP contribution is -2.36. The van der Waals surface area contributed by atoms with Crippen LogP contribution in [0.2, 0.25) is 10.0 Å². The van der Waals surface area contributed by atoms with E-state index in [0.29, 0.717) is 23.9 Å². The van der Waals surface area contributed by atoms with Crippen molar-refractivity contribution in [2.75, 3.05) is 36.5 Å². The number of morpholine rings is 1. The molecule has 2 aromatic rings. The molecule has 0 atom stereocenters. The summed E-state index contributed by atoms with van der Waals surface area (Å²) in [6, 6.07) is 8.95. The first-order valence-electron chi connectivity index (χ1n) is 8.13. The first-order valence-corrected chi connectivity index (χ1v) is 9.30. The lowest BCUT2D eigenvalue weighted by atomic mass is 10.2. The molecule has 1 aliphatic heterocycles. The molecule has 9 heteroatoms. The van der Waals surface area contributed by atoms with Gasteiger partial charge in [0.25, 0.3) is 5.91 Å². The predicted molar refractivity (Wildman–Crippen MR) is 110 cm³/mol. The number of thiocarbonyl (C=S) groups is 1. The second-order valence-electron chi connectivity index (χ2n) is 5.80. The molecule has 1 heterocycles. The highest BCUT2D eigenvalue weighted by Crippen LogP contribution is 2.29. The second kappa shape index (κ2) is 8.84. The Morgan fingerprint density at radius 2 is 1.85 bits per heavy atom. The van der Waals surface area contributed by atoms with Crippen LogP contribution in [0.25, 0.3) is 0 Å². The second-order valence-corrected chi connectivity index (χ2v) is 7.02. The van der Waals surface area contributed by atoms with Gasteiger partial charge < -0.3 is 15.0 Å². The number of ether oxygens (including phenoxy) is 1. The van der Waals surface area contributed by atoms with Crippen LogP contribution in [0.15, 0.2) is 36.4 Å². The van der Waals surface area contributed by atoms with Gasteiger partial charge in [0.2, 0.25) is 0 Å². The molecule has 2 aromatic carbocycles. The molecular formula is C18H16Cl2FN3O2S. The average molecular weight is 428 g/mol. The molecular weight excluding hydrogens is 412 g/mol. The summed E-state index contributed by atoms with van der Waals surface area (Å²) >= 11 is 17.4. The lowest BCUT2D eigenvalue weighted by Gasteiger charge is -2.29.